The van der Waals surface area contributed by atoms with Gasteiger partial charge in [-0.2, -0.15) is 0 Å². The van der Waals surface area contributed by atoms with E-state index in [9.17, 15) is 9.90 Å². The summed E-state index contributed by atoms with van der Waals surface area (Å²) >= 11 is 0. The van der Waals surface area contributed by atoms with Crippen molar-refractivity contribution < 1.29 is 19.4 Å². The summed E-state index contributed by atoms with van der Waals surface area (Å²) in [6.45, 7) is 4.24. The summed E-state index contributed by atoms with van der Waals surface area (Å²) in [7, 11) is 3.15. The number of hydrogen-bond donors (Lipinski definition) is 1. The highest BCUT2D eigenvalue weighted by Gasteiger charge is 2.17. The minimum atomic E-state index is -0.980. The molecule has 0 spiro atoms. The van der Waals surface area contributed by atoms with Crippen molar-refractivity contribution in [2.45, 2.75) is 26.2 Å². The van der Waals surface area contributed by atoms with Gasteiger partial charge >= 0.3 is 5.97 Å². The van der Waals surface area contributed by atoms with Gasteiger partial charge in [0.15, 0.2) is 0 Å². The smallest absolute Gasteiger partial charge is 0.336 e. The van der Waals surface area contributed by atoms with Crippen LogP contribution in [0.25, 0.3) is 22.2 Å². The van der Waals surface area contributed by atoms with E-state index in [2.05, 4.69) is 13.8 Å². The molecule has 27 heavy (non-hydrogen) atoms. The van der Waals surface area contributed by atoms with E-state index in [1.54, 1.807) is 38.5 Å². The van der Waals surface area contributed by atoms with Crippen LogP contribution in [0, 0.1) is 0 Å². The van der Waals surface area contributed by atoms with E-state index >= 15 is 0 Å². The molecule has 3 rings (SSSR count). The number of carboxylic acids is 1. The van der Waals surface area contributed by atoms with E-state index in [1.165, 1.54) is 0 Å². The molecule has 1 heterocycles. The molecular formula is C22H23NO4. The third kappa shape index (κ3) is 3.58. The average molecular weight is 365 g/mol. The van der Waals surface area contributed by atoms with Gasteiger partial charge in [0.2, 0.25) is 0 Å². The van der Waals surface area contributed by atoms with Gasteiger partial charge in [-0.1, -0.05) is 19.9 Å². The number of benzene rings is 2. The molecular weight excluding hydrogens is 342 g/mol. The van der Waals surface area contributed by atoms with Gasteiger partial charge in [0.25, 0.3) is 0 Å². The Bertz CT molecular complexity index is 997. The predicted octanol–water partition coefficient (Wildman–Crippen LogP) is 5.13. The number of carbonyl (C=O) groups is 1. The van der Waals surface area contributed by atoms with E-state index in [-0.39, 0.29) is 5.56 Å². The molecule has 0 saturated heterocycles. The topological polar surface area (TPSA) is 68.7 Å². The maximum Gasteiger partial charge on any atom is 0.336 e. The highest BCUT2D eigenvalue weighted by atomic mass is 16.5. The molecule has 1 N–H and O–H groups in total. The van der Waals surface area contributed by atoms with Gasteiger partial charge in [0.1, 0.15) is 11.5 Å². The molecule has 0 aliphatic carbocycles. The van der Waals surface area contributed by atoms with Crippen LogP contribution in [0.3, 0.4) is 0 Å². The Balaban J connectivity index is 2.26. The fraction of sp³-hybridized carbons (Fsp3) is 0.273. The minimum Gasteiger partial charge on any atom is -0.497 e. The van der Waals surface area contributed by atoms with Gasteiger partial charge in [0.05, 0.1) is 31.0 Å². The van der Waals surface area contributed by atoms with Crippen molar-refractivity contribution in [3.63, 3.8) is 0 Å². The molecule has 3 aromatic rings. The second-order valence-corrected chi connectivity index (χ2v) is 6.51. The quantitative estimate of drug-likeness (QED) is 0.656. The Hall–Kier alpha value is -3.08. The summed E-state index contributed by atoms with van der Waals surface area (Å²) < 4.78 is 10.7. The van der Waals surface area contributed by atoms with Crippen molar-refractivity contribution in [3.05, 3.63) is 53.6 Å². The second-order valence-electron chi connectivity index (χ2n) is 6.51. The van der Waals surface area contributed by atoms with Crippen molar-refractivity contribution in [2.75, 3.05) is 14.2 Å². The van der Waals surface area contributed by atoms with Crippen LogP contribution >= 0.6 is 0 Å². The first-order chi connectivity index (χ1) is 13.0. The maximum absolute atomic E-state index is 11.9. The van der Waals surface area contributed by atoms with Crippen LogP contribution in [-0.4, -0.2) is 30.3 Å². The van der Waals surface area contributed by atoms with Crippen LogP contribution in [0.4, 0.5) is 0 Å². The van der Waals surface area contributed by atoms with E-state index in [0.717, 1.165) is 12.0 Å². The Kier molecular flexibility index (Phi) is 5.31. The van der Waals surface area contributed by atoms with Crippen molar-refractivity contribution >= 4 is 16.9 Å². The first kappa shape index (κ1) is 18.7. The van der Waals surface area contributed by atoms with Crippen molar-refractivity contribution in [3.8, 4) is 22.8 Å². The molecule has 0 bridgehead atoms. The Morgan fingerprint density at radius 1 is 1.11 bits per heavy atom. The second kappa shape index (κ2) is 7.66. The molecule has 0 radical (unpaired) electrons. The fourth-order valence-corrected chi connectivity index (χ4v) is 3.11. The Morgan fingerprint density at radius 3 is 2.52 bits per heavy atom. The van der Waals surface area contributed by atoms with Gasteiger partial charge in [-0.25, -0.2) is 9.78 Å². The third-order valence-electron chi connectivity index (χ3n) is 4.93. The Labute approximate surface area is 158 Å². The summed E-state index contributed by atoms with van der Waals surface area (Å²) in [6.07, 6.45) is 0.987. The number of rotatable bonds is 6. The largest absolute Gasteiger partial charge is 0.497 e. The number of nitrogens with zero attached hydrogens (tertiary/aromatic N) is 1. The SMILES string of the molecule is CCC(C)c1ccc2nc(-c3cc(OC)ccc3OC)cc(C(=O)O)c2c1. The Morgan fingerprint density at radius 2 is 1.89 bits per heavy atom. The van der Waals surface area contributed by atoms with Gasteiger partial charge in [0, 0.05) is 10.9 Å². The first-order valence-corrected chi connectivity index (χ1v) is 8.88. The van der Waals surface area contributed by atoms with Crippen molar-refractivity contribution in [2.24, 2.45) is 0 Å². The number of hydrogen-bond acceptors (Lipinski definition) is 4. The number of methoxy groups -OCH3 is 2. The lowest BCUT2D eigenvalue weighted by Crippen LogP contribution is -2.02. The van der Waals surface area contributed by atoms with Crippen LogP contribution in [0.15, 0.2) is 42.5 Å². The molecule has 2 aromatic carbocycles. The normalized spacial score (nSPS) is 12.0. The van der Waals surface area contributed by atoms with Gasteiger partial charge in [-0.3, -0.25) is 0 Å². The number of ether oxygens (including phenoxy) is 2. The summed E-state index contributed by atoms with van der Waals surface area (Å²) in [5.74, 6) is 0.632. The maximum atomic E-state index is 11.9. The summed E-state index contributed by atoms with van der Waals surface area (Å²) in [4.78, 5) is 16.6. The zero-order valence-corrected chi connectivity index (χ0v) is 15.9. The number of aromatic nitrogens is 1. The third-order valence-corrected chi connectivity index (χ3v) is 4.93. The molecule has 0 amide bonds. The molecule has 1 atom stereocenters. The molecule has 5 heteroatoms. The zero-order chi connectivity index (χ0) is 19.6. The van der Waals surface area contributed by atoms with Crippen LogP contribution in [0.5, 0.6) is 11.5 Å². The van der Waals surface area contributed by atoms with Crippen LogP contribution in [0.2, 0.25) is 0 Å². The minimum absolute atomic E-state index is 0.227. The highest BCUT2D eigenvalue weighted by molar-refractivity contribution is 6.04. The monoisotopic (exact) mass is 365 g/mol. The number of carboxylic acid groups (broad SMARTS) is 1. The molecule has 0 fully saturated rings. The average Bonchev–Trinajstić information content (AvgIpc) is 2.71. The van der Waals surface area contributed by atoms with Crippen LogP contribution in [0.1, 0.15) is 42.1 Å². The van der Waals surface area contributed by atoms with Gasteiger partial charge < -0.3 is 14.6 Å². The molecule has 140 valence electrons. The number of aromatic carboxylic acids is 1. The molecule has 1 aromatic heterocycles. The first-order valence-electron chi connectivity index (χ1n) is 8.88. The summed E-state index contributed by atoms with van der Waals surface area (Å²) in [6, 6.07) is 12.8. The lowest BCUT2D eigenvalue weighted by atomic mass is 9.95. The van der Waals surface area contributed by atoms with Gasteiger partial charge in [-0.05, 0) is 54.3 Å². The lowest BCUT2D eigenvalue weighted by Gasteiger charge is -2.14. The van der Waals surface area contributed by atoms with Crippen molar-refractivity contribution in [1.29, 1.82) is 0 Å². The van der Waals surface area contributed by atoms with Crippen LogP contribution in [-0.2, 0) is 0 Å². The van der Waals surface area contributed by atoms with E-state index in [1.807, 2.05) is 18.2 Å². The zero-order valence-electron chi connectivity index (χ0n) is 15.9. The standard InChI is InChI=1S/C22H23NO4/c1-5-13(2)14-6-8-19-16(10-14)17(22(24)25)12-20(23-19)18-11-15(26-3)7-9-21(18)27-4/h6-13H,5H2,1-4H3,(H,24,25). The molecule has 0 saturated carbocycles. The van der Waals surface area contributed by atoms with Crippen molar-refractivity contribution in [1.82, 2.24) is 4.98 Å². The molecule has 1 unspecified atom stereocenters. The molecule has 0 aliphatic heterocycles. The van der Waals surface area contributed by atoms with E-state index in [0.29, 0.717) is 39.6 Å². The van der Waals surface area contributed by atoms with Crippen LogP contribution < -0.4 is 9.47 Å². The molecule has 5 nitrogen and oxygen atoms in total. The fourth-order valence-electron chi connectivity index (χ4n) is 3.11. The van der Waals surface area contributed by atoms with E-state index in [4.69, 9.17) is 14.5 Å². The summed E-state index contributed by atoms with van der Waals surface area (Å²) in [5, 5.41) is 10.4. The number of fused-ring (bicyclic) bond motifs is 1. The number of pyridine rings is 1. The predicted molar refractivity (Wildman–Crippen MR) is 106 cm³/mol. The lowest BCUT2D eigenvalue weighted by molar-refractivity contribution is 0.0699. The van der Waals surface area contributed by atoms with E-state index < -0.39 is 5.97 Å². The highest BCUT2D eigenvalue weighted by Crippen LogP contribution is 2.35. The molecule has 0 aliphatic rings. The van der Waals surface area contributed by atoms with Gasteiger partial charge in [-0.15, -0.1) is 0 Å². The summed E-state index contributed by atoms with van der Waals surface area (Å²) in [5.41, 5.74) is 3.20.